The largest absolute Gasteiger partial charge is 0.468 e. The molecule has 9 nitrogen and oxygen atoms in total. The van der Waals surface area contributed by atoms with Crippen molar-refractivity contribution in [1.82, 2.24) is 0 Å². The van der Waals surface area contributed by atoms with Crippen molar-refractivity contribution in [3.05, 3.63) is 23.8 Å². The second kappa shape index (κ2) is 9.38. The van der Waals surface area contributed by atoms with Crippen LogP contribution in [-0.2, 0) is 28.6 Å². The van der Waals surface area contributed by atoms with Crippen LogP contribution in [0.5, 0.6) is 0 Å². The molecule has 9 heteroatoms. The van der Waals surface area contributed by atoms with Crippen molar-refractivity contribution in [2.75, 3.05) is 13.7 Å². The smallest absolute Gasteiger partial charge is 0.330 e. The molecule has 0 saturated heterocycles. The highest BCUT2D eigenvalue weighted by Gasteiger charge is 2.82. The highest BCUT2D eigenvalue weighted by molar-refractivity contribution is 5.83. The lowest BCUT2D eigenvalue weighted by Crippen LogP contribution is -2.80. The third kappa shape index (κ3) is 3.54. The number of hydrogen-bond donors (Lipinski definition) is 3. The summed E-state index contributed by atoms with van der Waals surface area (Å²) in [5.41, 5.74) is -5.49. The third-order valence-electron chi connectivity index (χ3n) is 12.7. The van der Waals surface area contributed by atoms with E-state index in [1.165, 1.54) is 20.1 Å². The highest BCUT2D eigenvalue weighted by Crippen LogP contribution is 2.78. The van der Waals surface area contributed by atoms with Gasteiger partial charge in [-0.2, -0.15) is 0 Å². The van der Waals surface area contributed by atoms with E-state index in [1.54, 1.807) is 13.0 Å². The molecule has 0 spiro atoms. The molecule has 5 rings (SSSR count). The fourth-order valence-corrected chi connectivity index (χ4v) is 10.8. The number of aliphatic hydroxyl groups excluding tert-OH is 2. The molecule has 0 radical (unpaired) electrons. The molecule has 1 aliphatic heterocycles. The van der Waals surface area contributed by atoms with Crippen molar-refractivity contribution < 1.29 is 43.9 Å². The summed E-state index contributed by atoms with van der Waals surface area (Å²) in [7, 11) is 1.35. The van der Waals surface area contributed by atoms with E-state index in [2.05, 4.69) is 6.08 Å². The van der Waals surface area contributed by atoms with Crippen LogP contribution in [0.15, 0.2) is 23.8 Å². The number of methoxy groups -OCH3 is 1. The Kier molecular flexibility index (Phi) is 6.92. The average Bonchev–Trinajstić information content (AvgIpc) is 3.07. The fraction of sp³-hybridized carbons (Fsp3) is 0.781. The second-order valence-electron chi connectivity index (χ2n) is 14.4. The summed E-state index contributed by atoms with van der Waals surface area (Å²) >= 11 is 0. The monoisotopic (exact) mass is 574 g/mol. The van der Waals surface area contributed by atoms with Crippen LogP contribution >= 0.6 is 0 Å². The number of hydrogen-bond acceptors (Lipinski definition) is 9. The van der Waals surface area contributed by atoms with Crippen molar-refractivity contribution in [2.45, 2.75) is 104 Å². The second-order valence-corrected chi connectivity index (χ2v) is 14.4. The maximum atomic E-state index is 14.2. The van der Waals surface area contributed by atoms with E-state index in [1.807, 2.05) is 27.7 Å². The Morgan fingerprint density at radius 3 is 2.44 bits per heavy atom. The predicted molar refractivity (Wildman–Crippen MR) is 148 cm³/mol. The molecule has 3 N–H and O–H groups in total. The molecule has 0 amide bonds. The van der Waals surface area contributed by atoms with Crippen molar-refractivity contribution in [3.63, 3.8) is 0 Å². The molecule has 41 heavy (non-hydrogen) atoms. The van der Waals surface area contributed by atoms with Gasteiger partial charge in [-0.3, -0.25) is 9.59 Å². The summed E-state index contributed by atoms with van der Waals surface area (Å²) in [6.45, 7) is 10.6. The number of allylic oxidation sites excluding steroid dienone is 2. The molecular formula is C32H46O9. The Morgan fingerprint density at radius 1 is 1.15 bits per heavy atom. The van der Waals surface area contributed by atoms with Gasteiger partial charge in [0.25, 0.3) is 0 Å². The third-order valence-corrected chi connectivity index (χ3v) is 12.7. The predicted octanol–water partition coefficient (Wildman–Crippen LogP) is 3.24. The highest BCUT2D eigenvalue weighted by atomic mass is 16.6. The summed E-state index contributed by atoms with van der Waals surface area (Å²) in [5, 5.41) is 36.8. The summed E-state index contributed by atoms with van der Waals surface area (Å²) < 4.78 is 16.9. The van der Waals surface area contributed by atoms with E-state index >= 15 is 0 Å². The van der Waals surface area contributed by atoms with Crippen LogP contribution in [0, 0.1) is 38.9 Å². The first-order chi connectivity index (χ1) is 19.0. The average molecular weight is 575 g/mol. The zero-order chi connectivity index (χ0) is 30.4. The first kappa shape index (κ1) is 30.2. The molecule has 0 unspecified atom stereocenters. The first-order valence-electron chi connectivity index (χ1n) is 14.9. The Hall–Kier alpha value is -2.23. The molecule has 1 heterocycles. The molecule has 5 aliphatic rings. The van der Waals surface area contributed by atoms with Gasteiger partial charge in [0.05, 0.1) is 30.3 Å². The number of aliphatic hydroxyl groups is 3. The quantitative estimate of drug-likeness (QED) is 0.263. The zero-order valence-corrected chi connectivity index (χ0v) is 25.4. The van der Waals surface area contributed by atoms with Crippen molar-refractivity contribution in [2.24, 2.45) is 38.9 Å². The summed E-state index contributed by atoms with van der Waals surface area (Å²) in [6, 6.07) is 0. The van der Waals surface area contributed by atoms with E-state index in [-0.39, 0.29) is 6.61 Å². The molecule has 0 aromatic rings. The number of carbonyl (C=O) groups excluding carboxylic acids is 3. The van der Waals surface area contributed by atoms with E-state index in [9.17, 15) is 29.7 Å². The van der Waals surface area contributed by atoms with Crippen LogP contribution in [0.2, 0.25) is 0 Å². The van der Waals surface area contributed by atoms with Gasteiger partial charge in [-0.25, -0.2) is 4.79 Å². The molecule has 4 aliphatic carbocycles. The molecule has 0 aromatic carbocycles. The number of fused-ring (bicyclic) bond motifs is 7. The van der Waals surface area contributed by atoms with Gasteiger partial charge in [-0.15, -0.1) is 0 Å². The normalized spacial score (nSPS) is 49.5. The van der Waals surface area contributed by atoms with Gasteiger partial charge >= 0.3 is 17.9 Å². The molecule has 0 aromatic heterocycles. The maximum Gasteiger partial charge on any atom is 0.330 e. The molecule has 0 bridgehead atoms. The minimum Gasteiger partial charge on any atom is -0.468 e. The van der Waals surface area contributed by atoms with Crippen molar-refractivity contribution in [1.29, 1.82) is 0 Å². The first-order valence-corrected chi connectivity index (χ1v) is 14.9. The van der Waals surface area contributed by atoms with Crippen LogP contribution in [0.25, 0.3) is 0 Å². The molecule has 11 atom stereocenters. The van der Waals surface area contributed by atoms with Gasteiger partial charge in [0.15, 0.2) is 0 Å². The zero-order valence-electron chi connectivity index (χ0n) is 25.4. The van der Waals surface area contributed by atoms with Gasteiger partial charge < -0.3 is 29.5 Å². The Labute approximate surface area is 242 Å². The van der Waals surface area contributed by atoms with Gasteiger partial charge in [0, 0.05) is 24.3 Å². The molecule has 3 fully saturated rings. The number of esters is 3. The number of ether oxygens (including phenoxy) is 3. The minimum absolute atomic E-state index is 0.247. The standard InChI is InChI=1S/C32H46O9/c1-18-10-11-27(4)12-14-29(6)24-23(36)25(41-20(3)34)30(19(2)33)17-40-22(35)9-8-21(30)28(24,5)13-15-31(29,26(37)39-7)32(27,38)16-18/h8-10,19,21,23-25,33,36,38H,11-17H2,1-7H3/t19-,21+,23+,24+,25+,27-,28+,29-,30-,31+,32+/m1/s1. The molecular weight excluding hydrogens is 528 g/mol. The van der Waals surface area contributed by atoms with E-state index in [4.69, 9.17) is 14.2 Å². The van der Waals surface area contributed by atoms with E-state index in [0.29, 0.717) is 38.5 Å². The van der Waals surface area contributed by atoms with Crippen LogP contribution in [-0.4, -0.2) is 70.9 Å². The van der Waals surface area contributed by atoms with Crippen LogP contribution < -0.4 is 0 Å². The van der Waals surface area contributed by atoms with Crippen LogP contribution in [0.4, 0.5) is 0 Å². The minimum atomic E-state index is -1.45. The lowest BCUT2D eigenvalue weighted by molar-refractivity contribution is -0.335. The SMILES string of the molecule is COC(=O)[C@@]12CC[C@@]3(C)[C@@H]4C=CC(=O)OC[C@]4([C@@H](C)O)[C@@H](OC(C)=O)[C@@H](O)[C@@H]3[C@@]1(C)CC[C@@]1(C)CC=C(C)C[C@]12O. The Balaban J connectivity index is 1.79. The lowest BCUT2D eigenvalue weighted by atomic mass is 9.29. The summed E-state index contributed by atoms with van der Waals surface area (Å²) in [6.07, 6.45) is 4.30. The summed E-state index contributed by atoms with van der Waals surface area (Å²) in [4.78, 5) is 39.3. The number of cyclic esters (lactones) is 1. The van der Waals surface area contributed by atoms with Crippen LogP contribution in [0.1, 0.15) is 80.1 Å². The summed E-state index contributed by atoms with van der Waals surface area (Å²) in [5.74, 6) is -2.93. The van der Waals surface area contributed by atoms with E-state index < -0.39 is 80.7 Å². The van der Waals surface area contributed by atoms with Gasteiger partial charge in [0.1, 0.15) is 18.1 Å². The lowest BCUT2D eigenvalue weighted by Gasteiger charge is -2.75. The molecule has 3 saturated carbocycles. The van der Waals surface area contributed by atoms with E-state index in [0.717, 1.165) is 5.57 Å². The van der Waals surface area contributed by atoms with Gasteiger partial charge in [-0.1, -0.05) is 38.5 Å². The Bertz CT molecular complexity index is 1210. The van der Waals surface area contributed by atoms with Crippen LogP contribution in [0.3, 0.4) is 0 Å². The van der Waals surface area contributed by atoms with Gasteiger partial charge in [-0.05, 0) is 69.1 Å². The van der Waals surface area contributed by atoms with Crippen molar-refractivity contribution in [3.8, 4) is 0 Å². The molecule has 228 valence electrons. The number of carbonyl (C=O) groups is 3. The van der Waals surface area contributed by atoms with Crippen molar-refractivity contribution >= 4 is 17.9 Å². The fourth-order valence-electron chi connectivity index (χ4n) is 10.8. The van der Waals surface area contributed by atoms with Gasteiger partial charge in [0.2, 0.25) is 0 Å². The number of rotatable bonds is 3. The topological polar surface area (TPSA) is 140 Å². The Morgan fingerprint density at radius 2 is 1.83 bits per heavy atom. The maximum absolute atomic E-state index is 14.2.